The first kappa shape index (κ1) is 13.4. The van der Waals surface area contributed by atoms with Crippen LogP contribution in [-0.4, -0.2) is 59.7 Å². The number of aromatic nitrogens is 1. The molecule has 100 valence electrons. The SMILES string of the molecule is CN1CCCN(C)C(C(O)c2ccncc2F)C1. The van der Waals surface area contributed by atoms with Crippen molar-refractivity contribution in [1.29, 1.82) is 0 Å². The second-order valence-electron chi connectivity index (χ2n) is 5.01. The van der Waals surface area contributed by atoms with E-state index in [0.717, 1.165) is 32.3 Å². The molecule has 1 aromatic heterocycles. The lowest BCUT2D eigenvalue weighted by molar-refractivity contribution is 0.0547. The summed E-state index contributed by atoms with van der Waals surface area (Å²) < 4.78 is 13.7. The van der Waals surface area contributed by atoms with E-state index in [1.807, 2.05) is 14.1 Å². The smallest absolute Gasteiger partial charge is 0.147 e. The minimum Gasteiger partial charge on any atom is -0.387 e. The zero-order valence-electron chi connectivity index (χ0n) is 10.9. The Labute approximate surface area is 107 Å². The third-order valence-electron chi connectivity index (χ3n) is 3.60. The molecule has 1 N–H and O–H groups in total. The van der Waals surface area contributed by atoms with E-state index >= 15 is 0 Å². The predicted octanol–water partition coefficient (Wildman–Crippen LogP) is 0.890. The molecule has 0 aromatic carbocycles. The van der Waals surface area contributed by atoms with Crippen molar-refractivity contribution >= 4 is 0 Å². The van der Waals surface area contributed by atoms with Crippen LogP contribution in [0.1, 0.15) is 18.1 Å². The van der Waals surface area contributed by atoms with Gasteiger partial charge in [-0.25, -0.2) is 4.39 Å². The molecule has 1 fully saturated rings. The maximum absolute atomic E-state index is 13.7. The van der Waals surface area contributed by atoms with Crippen molar-refractivity contribution in [3.8, 4) is 0 Å². The number of pyridine rings is 1. The second kappa shape index (κ2) is 5.73. The summed E-state index contributed by atoms with van der Waals surface area (Å²) in [7, 11) is 4.01. The number of aliphatic hydroxyl groups is 1. The van der Waals surface area contributed by atoms with Crippen LogP contribution in [-0.2, 0) is 0 Å². The fourth-order valence-corrected chi connectivity index (χ4v) is 2.48. The van der Waals surface area contributed by atoms with E-state index in [1.54, 1.807) is 6.07 Å². The zero-order valence-corrected chi connectivity index (χ0v) is 10.9. The average molecular weight is 253 g/mol. The number of hydrogen-bond acceptors (Lipinski definition) is 4. The number of hydrogen-bond donors (Lipinski definition) is 1. The Hall–Kier alpha value is -1.04. The Morgan fingerprint density at radius 1 is 1.44 bits per heavy atom. The van der Waals surface area contributed by atoms with Crippen LogP contribution in [0.4, 0.5) is 4.39 Å². The van der Waals surface area contributed by atoms with Gasteiger partial charge in [-0.15, -0.1) is 0 Å². The highest BCUT2D eigenvalue weighted by Gasteiger charge is 2.29. The highest BCUT2D eigenvalue weighted by molar-refractivity contribution is 5.17. The van der Waals surface area contributed by atoms with E-state index < -0.39 is 11.9 Å². The predicted molar refractivity (Wildman–Crippen MR) is 67.7 cm³/mol. The van der Waals surface area contributed by atoms with Gasteiger partial charge in [0.25, 0.3) is 0 Å². The second-order valence-corrected chi connectivity index (χ2v) is 5.01. The molecule has 0 amide bonds. The molecule has 1 saturated heterocycles. The summed E-state index contributed by atoms with van der Waals surface area (Å²) in [5.74, 6) is -0.440. The fourth-order valence-electron chi connectivity index (χ4n) is 2.48. The summed E-state index contributed by atoms with van der Waals surface area (Å²) >= 11 is 0. The van der Waals surface area contributed by atoms with Gasteiger partial charge in [-0.05, 0) is 39.7 Å². The molecule has 0 aliphatic carbocycles. The molecule has 18 heavy (non-hydrogen) atoms. The van der Waals surface area contributed by atoms with Crippen molar-refractivity contribution in [1.82, 2.24) is 14.8 Å². The Bertz CT molecular complexity index is 402. The van der Waals surface area contributed by atoms with Crippen LogP contribution in [0.15, 0.2) is 18.5 Å². The first-order valence-corrected chi connectivity index (χ1v) is 6.26. The van der Waals surface area contributed by atoms with E-state index in [4.69, 9.17) is 0 Å². The summed E-state index contributed by atoms with van der Waals surface area (Å²) in [6.45, 7) is 2.66. The quantitative estimate of drug-likeness (QED) is 0.849. The highest BCUT2D eigenvalue weighted by atomic mass is 19.1. The molecule has 0 spiro atoms. The van der Waals surface area contributed by atoms with E-state index in [0.29, 0.717) is 5.56 Å². The lowest BCUT2D eigenvalue weighted by atomic mass is 10.0. The van der Waals surface area contributed by atoms with Gasteiger partial charge in [0.15, 0.2) is 0 Å². The molecule has 1 aliphatic heterocycles. The maximum Gasteiger partial charge on any atom is 0.147 e. The van der Waals surface area contributed by atoms with Crippen molar-refractivity contribution in [3.63, 3.8) is 0 Å². The van der Waals surface area contributed by atoms with Crippen molar-refractivity contribution in [2.75, 3.05) is 33.7 Å². The van der Waals surface area contributed by atoms with Crippen LogP contribution < -0.4 is 0 Å². The van der Waals surface area contributed by atoms with Crippen LogP contribution in [0.3, 0.4) is 0 Å². The standard InChI is InChI=1S/C13H20FN3O/c1-16-6-3-7-17(2)12(9-16)13(18)10-4-5-15-8-11(10)14/h4-5,8,12-13,18H,3,6-7,9H2,1-2H3. The number of halogens is 1. The van der Waals surface area contributed by atoms with Gasteiger partial charge in [0.2, 0.25) is 0 Å². The van der Waals surface area contributed by atoms with Gasteiger partial charge >= 0.3 is 0 Å². The van der Waals surface area contributed by atoms with Gasteiger partial charge in [-0.1, -0.05) is 0 Å². The maximum atomic E-state index is 13.7. The number of aliphatic hydroxyl groups excluding tert-OH is 1. The molecule has 2 atom stereocenters. The molecule has 0 saturated carbocycles. The van der Waals surface area contributed by atoms with E-state index in [9.17, 15) is 9.50 Å². The van der Waals surface area contributed by atoms with Gasteiger partial charge < -0.3 is 10.0 Å². The summed E-state index contributed by atoms with van der Waals surface area (Å²) in [6, 6.07) is 1.47. The fraction of sp³-hybridized carbons (Fsp3) is 0.615. The summed E-state index contributed by atoms with van der Waals surface area (Å²) in [4.78, 5) is 8.00. The largest absolute Gasteiger partial charge is 0.387 e. The Morgan fingerprint density at radius 2 is 2.22 bits per heavy atom. The normalized spacial score (nSPS) is 24.8. The van der Waals surface area contributed by atoms with Gasteiger partial charge in [0, 0.05) is 18.3 Å². The highest BCUT2D eigenvalue weighted by Crippen LogP contribution is 2.24. The first-order chi connectivity index (χ1) is 8.59. The summed E-state index contributed by atoms with van der Waals surface area (Å²) in [5, 5.41) is 10.4. The topological polar surface area (TPSA) is 39.6 Å². The first-order valence-electron chi connectivity index (χ1n) is 6.26. The van der Waals surface area contributed by atoms with Crippen molar-refractivity contribution in [3.05, 3.63) is 29.8 Å². The zero-order chi connectivity index (χ0) is 13.1. The third kappa shape index (κ3) is 2.85. The van der Waals surface area contributed by atoms with E-state index in [1.165, 1.54) is 6.20 Å². The minimum absolute atomic E-state index is 0.0885. The van der Waals surface area contributed by atoms with Gasteiger partial charge in [-0.2, -0.15) is 0 Å². The lowest BCUT2D eigenvalue weighted by Crippen LogP contribution is -2.42. The van der Waals surface area contributed by atoms with Gasteiger partial charge in [0.1, 0.15) is 5.82 Å². The molecular weight excluding hydrogens is 233 g/mol. The van der Waals surface area contributed by atoms with Crippen LogP contribution in [0.5, 0.6) is 0 Å². The molecule has 4 nitrogen and oxygen atoms in total. The summed E-state index contributed by atoms with van der Waals surface area (Å²) in [6.07, 6.45) is 2.91. The van der Waals surface area contributed by atoms with Crippen molar-refractivity contribution < 1.29 is 9.50 Å². The monoisotopic (exact) mass is 253 g/mol. The van der Waals surface area contributed by atoms with Gasteiger partial charge in [-0.3, -0.25) is 9.88 Å². The number of nitrogens with zero attached hydrogens (tertiary/aromatic N) is 3. The molecule has 5 heteroatoms. The van der Waals surface area contributed by atoms with Crippen molar-refractivity contribution in [2.45, 2.75) is 18.6 Å². The lowest BCUT2D eigenvalue weighted by Gasteiger charge is -2.31. The van der Waals surface area contributed by atoms with Gasteiger partial charge in [0.05, 0.1) is 18.3 Å². The van der Waals surface area contributed by atoms with Crippen LogP contribution >= 0.6 is 0 Å². The van der Waals surface area contributed by atoms with Crippen molar-refractivity contribution in [2.24, 2.45) is 0 Å². The van der Waals surface area contributed by atoms with Crippen LogP contribution in [0.2, 0.25) is 0 Å². The number of likely N-dealkylation sites (N-methyl/N-ethyl adjacent to an activating group) is 2. The molecule has 0 radical (unpaired) electrons. The number of rotatable bonds is 2. The van der Waals surface area contributed by atoms with Crippen LogP contribution in [0.25, 0.3) is 0 Å². The van der Waals surface area contributed by atoms with Crippen LogP contribution in [0, 0.1) is 5.82 Å². The molecular formula is C13H20FN3O. The molecule has 2 rings (SSSR count). The van der Waals surface area contributed by atoms with E-state index in [-0.39, 0.29) is 6.04 Å². The average Bonchev–Trinajstić information content (AvgIpc) is 2.51. The summed E-state index contributed by atoms with van der Waals surface area (Å²) in [5.41, 5.74) is 0.331. The molecule has 1 aliphatic rings. The Balaban J connectivity index is 2.20. The molecule has 2 unspecified atom stereocenters. The Morgan fingerprint density at radius 3 is 2.94 bits per heavy atom. The van der Waals surface area contributed by atoms with E-state index in [2.05, 4.69) is 14.8 Å². The molecule has 0 bridgehead atoms. The minimum atomic E-state index is -0.821. The third-order valence-corrected chi connectivity index (χ3v) is 3.60. The molecule has 2 heterocycles. The molecule has 1 aromatic rings. The Kier molecular flexibility index (Phi) is 4.27.